The zero-order chi connectivity index (χ0) is 24.2. The standard InChI is InChI=1S/C28H28ClFN4O/c29-22-9-7-20(8-10-22)15-16-31-28(35)21-4-3-17-33(18-21)19-27-32-25-5-1-2-6-26(25)34(27)24-13-11-23(30)12-14-24/h1-2,5-14,21H,3-4,15-19H2,(H,31,35)/t21-/m0/s1. The summed E-state index contributed by atoms with van der Waals surface area (Å²) in [5.74, 6) is 0.690. The normalized spacial score (nSPS) is 16.5. The fourth-order valence-electron chi connectivity index (χ4n) is 4.80. The van der Waals surface area contributed by atoms with E-state index in [1.165, 1.54) is 12.1 Å². The smallest absolute Gasteiger partial charge is 0.224 e. The number of nitrogens with one attached hydrogen (secondary N) is 1. The molecule has 0 unspecified atom stereocenters. The van der Waals surface area contributed by atoms with Crippen LogP contribution in [-0.2, 0) is 17.8 Å². The number of fused-ring (bicyclic) bond motifs is 1. The molecular weight excluding hydrogens is 463 g/mol. The van der Waals surface area contributed by atoms with Crippen LogP contribution in [0.1, 0.15) is 24.2 Å². The average Bonchev–Trinajstić information content (AvgIpc) is 3.23. The van der Waals surface area contributed by atoms with Crippen molar-refractivity contribution in [3.8, 4) is 5.69 Å². The third kappa shape index (κ3) is 5.55. The number of piperidine rings is 1. The Bertz CT molecular complexity index is 1300. The molecule has 0 aliphatic carbocycles. The second kappa shape index (κ2) is 10.6. The third-order valence-electron chi connectivity index (χ3n) is 6.58. The van der Waals surface area contributed by atoms with Crippen LogP contribution >= 0.6 is 11.6 Å². The van der Waals surface area contributed by atoms with Crippen LogP contribution in [0.25, 0.3) is 16.7 Å². The Morgan fingerprint density at radius 1 is 1.06 bits per heavy atom. The topological polar surface area (TPSA) is 50.2 Å². The molecule has 3 aromatic carbocycles. The zero-order valence-corrected chi connectivity index (χ0v) is 20.2. The van der Waals surface area contributed by atoms with E-state index in [2.05, 4.69) is 14.8 Å². The van der Waals surface area contributed by atoms with Gasteiger partial charge in [-0.25, -0.2) is 9.37 Å². The highest BCUT2D eigenvalue weighted by Crippen LogP contribution is 2.25. The van der Waals surface area contributed by atoms with Crippen molar-refractivity contribution >= 4 is 28.5 Å². The number of likely N-dealkylation sites (tertiary alicyclic amines) is 1. The Kier molecular flexibility index (Phi) is 7.11. The van der Waals surface area contributed by atoms with E-state index in [1.54, 1.807) is 12.1 Å². The van der Waals surface area contributed by atoms with Gasteiger partial charge >= 0.3 is 0 Å². The molecule has 4 aromatic rings. The van der Waals surface area contributed by atoms with Gasteiger partial charge in [0.25, 0.3) is 0 Å². The van der Waals surface area contributed by atoms with Crippen molar-refractivity contribution in [2.75, 3.05) is 19.6 Å². The maximum absolute atomic E-state index is 13.6. The summed E-state index contributed by atoms with van der Waals surface area (Å²) in [6, 6.07) is 22.2. The molecule has 1 atom stereocenters. The SMILES string of the molecule is O=C(NCCc1ccc(Cl)cc1)[C@H]1CCCN(Cc2nc3ccccc3n2-c2ccc(F)cc2)C1. The number of nitrogens with zero attached hydrogens (tertiary/aromatic N) is 3. The molecule has 5 nitrogen and oxygen atoms in total. The Balaban J connectivity index is 1.26. The number of aromatic nitrogens is 2. The van der Waals surface area contributed by atoms with Crippen LogP contribution in [0.5, 0.6) is 0 Å². The van der Waals surface area contributed by atoms with Gasteiger partial charge < -0.3 is 5.32 Å². The summed E-state index contributed by atoms with van der Waals surface area (Å²) in [4.78, 5) is 20.1. The van der Waals surface area contributed by atoms with E-state index in [0.29, 0.717) is 24.7 Å². The number of imidazole rings is 1. The Morgan fingerprint density at radius 2 is 1.83 bits per heavy atom. The lowest BCUT2D eigenvalue weighted by atomic mass is 9.97. The van der Waals surface area contributed by atoms with Crippen LogP contribution in [0.2, 0.25) is 5.02 Å². The number of amides is 1. The van der Waals surface area contributed by atoms with Gasteiger partial charge in [-0.3, -0.25) is 14.3 Å². The number of carbonyl (C=O) groups is 1. The van der Waals surface area contributed by atoms with Crippen molar-refractivity contribution in [2.45, 2.75) is 25.8 Å². The van der Waals surface area contributed by atoms with E-state index in [4.69, 9.17) is 16.6 Å². The summed E-state index contributed by atoms with van der Waals surface area (Å²) >= 11 is 5.95. The lowest BCUT2D eigenvalue weighted by Gasteiger charge is -2.31. The number of benzene rings is 3. The highest BCUT2D eigenvalue weighted by Gasteiger charge is 2.27. The maximum atomic E-state index is 13.6. The highest BCUT2D eigenvalue weighted by molar-refractivity contribution is 6.30. The molecule has 2 heterocycles. The van der Waals surface area contributed by atoms with Gasteiger partial charge in [0, 0.05) is 23.8 Å². The molecule has 35 heavy (non-hydrogen) atoms. The average molecular weight is 491 g/mol. The van der Waals surface area contributed by atoms with E-state index in [1.807, 2.05) is 48.5 Å². The lowest BCUT2D eigenvalue weighted by Crippen LogP contribution is -2.43. The predicted molar refractivity (Wildman–Crippen MR) is 137 cm³/mol. The minimum atomic E-state index is -0.263. The van der Waals surface area contributed by atoms with Crippen molar-refractivity contribution in [1.82, 2.24) is 19.8 Å². The third-order valence-corrected chi connectivity index (χ3v) is 6.83. The molecule has 180 valence electrons. The van der Waals surface area contributed by atoms with Gasteiger partial charge in [-0.15, -0.1) is 0 Å². The summed E-state index contributed by atoms with van der Waals surface area (Å²) in [7, 11) is 0. The number of rotatable bonds is 7. The molecule has 1 N–H and O–H groups in total. The van der Waals surface area contributed by atoms with Gasteiger partial charge in [-0.1, -0.05) is 35.9 Å². The second-order valence-electron chi connectivity index (χ2n) is 9.07. The quantitative estimate of drug-likeness (QED) is 0.378. The lowest BCUT2D eigenvalue weighted by molar-refractivity contribution is -0.126. The molecule has 7 heteroatoms. The number of hydrogen-bond acceptors (Lipinski definition) is 3. The first kappa shape index (κ1) is 23.5. The Labute approximate surface area is 209 Å². The molecule has 5 rings (SSSR count). The maximum Gasteiger partial charge on any atom is 0.224 e. The molecule has 0 radical (unpaired) electrons. The molecule has 0 saturated carbocycles. The van der Waals surface area contributed by atoms with Crippen LogP contribution in [-0.4, -0.2) is 40.0 Å². The van der Waals surface area contributed by atoms with Gasteiger partial charge in [0.05, 0.1) is 23.5 Å². The Hall–Kier alpha value is -3.22. The molecular formula is C28H28ClFN4O. The van der Waals surface area contributed by atoms with Crippen LogP contribution in [0.4, 0.5) is 4.39 Å². The molecule has 0 spiro atoms. The Morgan fingerprint density at radius 3 is 2.63 bits per heavy atom. The second-order valence-corrected chi connectivity index (χ2v) is 9.51. The van der Waals surface area contributed by atoms with E-state index in [-0.39, 0.29) is 17.6 Å². The number of halogens is 2. The van der Waals surface area contributed by atoms with Crippen LogP contribution in [0.15, 0.2) is 72.8 Å². The highest BCUT2D eigenvalue weighted by atomic mass is 35.5. The molecule has 1 saturated heterocycles. The minimum absolute atomic E-state index is 0.0439. The summed E-state index contributed by atoms with van der Waals surface area (Å²) in [5, 5.41) is 3.82. The molecule has 1 aliphatic heterocycles. The first-order chi connectivity index (χ1) is 17.1. The van der Waals surface area contributed by atoms with Crippen molar-refractivity contribution in [2.24, 2.45) is 5.92 Å². The van der Waals surface area contributed by atoms with Crippen molar-refractivity contribution < 1.29 is 9.18 Å². The monoisotopic (exact) mass is 490 g/mol. The minimum Gasteiger partial charge on any atom is -0.355 e. The van der Waals surface area contributed by atoms with Crippen molar-refractivity contribution in [1.29, 1.82) is 0 Å². The summed E-state index contributed by atoms with van der Waals surface area (Å²) < 4.78 is 15.6. The van der Waals surface area contributed by atoms with Crippen molar-refractivity contribution in [3.63, 3.8) is 0 Å². The van der Waals surface area contributed by atoms with E-state index in [9.17, 15) is 9.18 Å². The van der Waals surface area contributed by atoms with Gasteiger partial charge in [-0.2, -0.15) is 0 Å². The van der Waals surface area contributed by atoms with E-state index < -0.39 is 0 Å². The largest absolute Gasteiger partial charge is 0.355 e. The molecule has 0 bridgehead atoms. The van der Waals surface area contributed by atoms with Crippen LogP contribution in [0, 0.1) is 11.7 Å². The van der Waals surface area contributed by atoms with Crippen molar-refractivity contribution in [3.05, 3.63) is 95.0 Å². The summed E-state index contributed by atoms with van der Waals surface area (Å²) in [6.07, 6.45) is 2.63. The zero-order valence-electron chi connectivity index (χ0n) is 19.5. The molecule has 1 amide bonds. The van der Waals surface area contributed by atoms with Gasteiger partial charge in [0.15, 0.2) is 0 Å². The molecule has 1 fully saturated rings. The number of hydrogen-bond donors (Lipinski definition) is 1. The van der Waals surface area contributed by atoms with Crippen LogP contribution < -0.4 is 5.32 Å². The van der Waals surface area contributed by atoms with Gasteiger partial charge in [-0.05, 0) is 79.9 Å². The van der Waals surface area contributed by atoms with Gasteiger partial charge in [0.2, 0.25) is 5.91 Å². The number of carbonyl (C=O) groups excluding carboxylic acids is 1. The summed E-state index contributed by atoms with van der Waals surface area (Å²) in [5.41, 5.74) is 3.92. The first-order valence-electron chi connectivity index (χ1n) is 12.0. The van der Waals surface area contributed by atoms with E-state index in [0.717, 1.165) is 53.9 Å². The number of para-hydroxylation sites is 2. The fraction of sp³-hybridized carbons (Fsp3) is 0.286. The first-order valence-corrected chi connectivity index (χ1v) is 12.4. The molecule has 1 aliphatic rings. The van der Waals surface area contributed by atoms with Gasteiger partial charge in [0.1, 0.15) is 11.6 Å². The predicted octanol–water partition coefficient (Wildman–Crippen LogP) is 5.39. The van der Waals surface area contributed by atoms with Crippen LogP contribution in [0.3, 0.4) is 0 Å². The van der Waals surface area contributed by atoms with E-state index >= 15 is 0 Å². The molecule has 1 aromatic heterocycles. The summed E-state index contributed by atoms with van der Waals surface area (Å²) in [6.45, 7) is 2.85. The fourth-order valence-corrected chi connectivity index (χ4v) is 4.92.